The van der Waals surface area contributed by atoms with Gasteiger partial charge in [-0.3, -0.25) is 14.4 Å². The number of aryl methyl sites for hydroxylation is 2. The number of pyridine rings is 1. The van der Waals surface area contributed by atoms with Gasteiger partial charge >= 0.3 is 0 Å². The average molecular weight is 470 g/mol. The van der Waals surface area contributed by atoms with Crippen molar-refractivity contribution in [2.45, 2.75) is 39.4 Å². The Balaban J connectivity index is 1.50. The molecule has 4 heterocycles. The van der Waals surface area contributed by atoms with Crippen molar-refractivity contribution in [2.24, 2.45) is 0 Å². The maximum atomic E-state index is 14.1. The summed E-state index contributed by atoms with van der Waals surface area (Å²) in [7, 11) is 0. The van der Waals surface area contributed by atoms with Crippen LogP contribution in [0, 0.1) is 25.5 Å². The summed E-state index contributed by atoms with van der Waals surface area (Å²) in [5, 5.41) is 16.9. The lowest BCUT2D eigenvalue weighted by molar-refractivity contribution is 0.0651. The maximum absolute atomic E-state index is 14.1. The lowest BCUT2D eigenvalue weighted by Gasteiger charge is -2.34. The Morgan fingerprint density at radius 2 is 1.97 bits per heavy atom. The van der Waals surface area contributed by atoms with E-state index in [1.165, 1.54) is 22.6 Å². The van der Waals surface area contributed by atoms with Crippen LogP contribution in [0.5, 0.6) is 5.75 Å². The summed E-state index contributed by atoms with van der Waals surface area (Å²) < 4.78 is 35.0. The second kappa shape index (κ2) is 7.79. The van der Waals surface area contributed by atoms with Crippen molar-refractivity contribution in [1.29, 1.82) is 0 Å². The summed E-state index contributed by atoms with van der Waals surface area (Å²) in [6, 6.07) is 1.84. The van der Waals surface area contributed by atoms with Gasteiger partial charge in [0, 0.05) is 36.8 Å². The van der Waals surface area contributed by atoms with Gasteiger partial charge in [-0.05, 0) is 31.5 Å². The number of aromatic hydroxyl groups is 1. The van der Waals surface area contributed by atoms with Gasteiger partial charge in [-0.1, -0.05) is 5.16 Å². The minimum Gasteiger partial charge on any atom is -0.503 e. The van der Waals surface area contributed by atoms with Crippen LogP contribution in [0.3, 0.4) is 0 Å². The first kappa shape index (κ1) is 21.8. The van der Waals surface area contributed by atoms with Crippen molar-refractivity contribution in [1.82, 2.24) is 19.9 Å². The summed E-state index contributed by atoms with van der Waals surface area (Å²) in [5.74, 6) is -3.42. The topological polar surface area (TPSA) is 118 Å². The Morgan fingerprint density at radius 3 is 2.68 bits per heavy atom. The molecule has 0 saturated heterocycles. The zero-order valence-corrected chi connectivity index (χ0v) is 18.3. The van der Waals surface area contributed by atoms with Crippen LogP contribution < -0.4 is 10.7 Å². The van der Waals surface area contributed by atoms with E-state index >= 15 is 0 Å². The molecule has 1 atom stereocenters. The van der Waals surface area contributed by atoms with Crippen molar-refractivity contribution < 1.29 is 28.0 Å². The second-order valence-electron chi connectivity index (χ2n) is 8.58. The van der Waals surface area contributed by atoms with E-state index in [0.29, 0.717) is 23.4 Å². The molecule has 0 saturated carbocycles. The fourth-order valence-corrected chi connectivity index (χ4v) is 4.52. The molecule has 1 unspecified atom stereocenters. The van der Waals surface area contributed by atoms with Crippen molar-refractivity contribution >= 4 is 11.8 Å². The minimum absolute atomic E-state index is 0.218. The number of hydrogen-bond acceptors (Lipinski definition) is 6. The van der Waals surface area contributed by atoms with Crippen LogP contribution in [0.4, 0.5) is 8.78 Å². The summed E-state index contributed by atoms with van der Waals surface area (Å²) >= 11 is 0. The smallest absolute Gasteiger partial charge is 0.274 e. The summed E-state index contributed by atoms with van der Waals surface area (Å²) in [6.07, 6.45) is 1.53. The number of nitrogens with one attached hydrogen (secondary N) is 1. The molecule has 0 aliphatic carbocycles. The number of carbonyl (C=O) groups excluding carboxylic acids is 2. The van der Waals surface area contributed by atoms with Crippen LogP contribution >= 0.6 is 0 Å². The van der Waals surface area contributed by atoms with E-state index in [2.05, 4.69) is 10.5 Å². The first-order valence-corrected chi connectivity index (χ1v) is 10.6. The molecule has 9 nitrogen and oxygen atoms in total. The van der Waals surface area contributed by atoms with Crippen molar-refractivity contribution in [2.75, 3.05) is 6.54 Å². The molecule has 2 N–H and O–H groups in total. The highest BCUT2D eigenvalue weighted by atomic mass is 19.1. The predicted octanol–water partition coefficient (Wildman–Crippen LogP) is 2.12. The average Bonchev–Trinajstić information content (AvgIpc) is 3.01. The van der Waals surface area contributed by atoms with E-state index in [1.54, 1.807) is 6.92 Å². The molecule has 2 aliphatic rings. The Hall–Kier alpha value is -4.02. The van der Waals surface area contributed by atoms with Gasteiger partial charge in [0.2, 0.25) is 5.43 Å². The molecule has 5 rings (SSSR count). The van der Waals surface area contributed by atoms with Crippen LogP contribution in [0.2, 0.25) is 0 Å². The molecule has 3 aromatic rings. The van der Waals surface area contributed by atoms with Crippen molar-refractivity contribution in [3.8, 4) is 5.75 Å². The van der Waals surface area contributed by atoms with Crippen molar-refractivity contribution in [3.05, 3.63) is 79.6 Å². The zero-order valence-electron chi connectivity index (χ0n) is 18.3. The third kappa shape index (κ3) is 3.35. The number of aromatic nitrogens is 2. The predicted molar refractivity (Wildman–Crippen MR) is 113 cm³/mol. The Bertz CT molecular complexity index is 1400. The highest BCUT2D eigenvalue weighted by molar-refractivity contribution is 5.99. The number of nitrogens with zero attached hydrogens (tertiary/aromatic N) is 3. The van der Waals surface area contributed by atoms with Crippen LogP contribution in [0.1, 0.15) is 55.0 Å². The van der Waals surface area contributed by atoms with Crippen LogP contribution in [0.15, 0.2) is 27.6 Å². The molecule has 2 aliphatic heterocycles. The number of benzene rings is 1. The Kier molecular flexibility index (Phi) is 4.99. The molecule has 0 fully saturated rings. The van der Waals surface area contributed by atoms with Gasteiger partial charge in [-0.15, -0.1) is 0 Å². The molecule has 176 valence electrons. The minimum atomic E-state index is -1.05. The van der Waals surface area contributed by atoms with Gasteiger partial charge in [0.15, 0.2) is 11.4 Å². The van der Waals surface area contributed by atoms with Gasteiger partial charge in [0.1, 0.15) is 23.0 Å². The van der Waals surface area contributed by atoms with Crippen LogP contribution in [0.25, 0.3) is 0 Å². The molecule has 34 heavy (non-hydrogen) atoms. The third-order valence-corrected chi connectivity index (χ3v) is 6.32. The fraction of sp³-hybridized carbons (Fsp3) is 0.304. The molecule has 2 bridgehead atoms. The van der Waals surface area contributed by atoms with E-state index in [4.69, 9.17) is 4.52 Å². The summed E-state index contributed by atoms with van der Waals surface area (Å²) in [6.45, 7) is 3.29. The SMILES string of the molecule is Cc1cc(F)c(CNC(=O)c2cn3c(c(O)c2=O)C(=O)N2Cc4c(C)noc4CC3C2)c(F)c1. The van der Waals surface area contributed by atoms with Gasteiger partial charge in [0.25, 0.3) is 11.8 Å². The first-order chi connectivity index (χ1) is 16.2. The zero-order chi connectivity index (χ0) is 24.3. The Labute approximate surface area is 191 Å². The quantitative estimate of drug-likeness (QED) is 0.606. The number of amides is 2. The lowest BCUT2D eigenvalue weighted by atomic mass is 10.1. The normalized spacial score (nSPS) is 16.6. The van der Waals surface area contributed by atoms with Crippen LogP contribution in [-0.2, 0) is 19.5 Å². The standard InChI is InChI=1S/C23H20F2N4O5/c1-10-3-16(24)13(17(25)4-10)6-26-22(32)15-9-29-12-5-18-14(11(2)27-34-18)8-28(7-12)23(33)19(29)21(31)20(15)30/h3-4,9,12,31H,5-8H2,1-2H3,(H,26,32). The third-order valence-electron chi connectivity index (χ3n) is 6.32. The number of fused-ring (bicyclic) bond motifs is 5. The summed E-state index contributed by atoms with van der Waals surface area (Å²) in [5.41, 5.74) is -0.270. The molecule has 2 amide bonds. The molecule has 0 radical (unpaired) electrons. The van der Waals surface area contributed by atoms with E-state index in [0.717, 1.165) is 17.7 Å². The molecule has 1 aromatic carbocycles. The highest BCUT2D eigenvalue weighted by Crippen LogP contribution is 2.34. The van der Waals surface area contributed by atoms with Crippen LogP contribution in [-0.4, -0.2) is 38.1 Å². The lowest BCUT2D eigenvalue weighted by Crippen LogP contribution is -2.44. The van der Waals surface area contributed by atoms with Gasteiger partial charge in [0.05, 0.1) is 18.3 Å². The van der Waals surface area contributed by atoms with E-state index in [9.17, 15) is 28.3 Å². The maximum Gasteiger partial charge on any atom is 0.274 e. The van der Waals surface area contributed by atoms with Gasteiger partial charge in [-0.2, -0.15) is 0 Å². The molecule has 0 spiro atoms. The second-order valence-corrected chi connectivity index (χ2v) is 8.58. The van der Waals surface area contributed by atoms with E-state index in [1.807, 2.05) is 0 Å². The van der Waals surface area contributed by atoms with Gasteiger partial charge in [-0.25, -0.2) is 8.78 Å². The number of hydrogen-bond donors (Lipinski definition) is 2. The Morgan fingerprint density at radius 1 is 1.26 bits per heavy atom. The highest BCUT2D eigenvalue weighted by Gasteiger charge is 2.39. The van der Waals surface area contributed by atoms with E-state index < -0.39 is 52.8 Å². The molecular weight excluding hydrogens is 450 g/mol. The van der Waals surface area contributed by atoms with Gasteiger partial charge < -0.3 is 24.4 Å². The molecule has 2 aromatic heterocycles. The molecule has 11 heteroatoms. The monoisotopic (exact) mass is 470 g/mol. The number of halogens is 2. The first-order valence-electron chi connectivity index (χ1n) is 10.6. The molecular formula is C23H20F2N4O5. The fourth-order valence-electron chi connectivity index (χ4n) is 4.52. The number of carbonyl (C=O) groups is 2. The van der Waals surface area contributed by atoms with E-state index in [-0.39, 0.29) is 24.3 Å². The van der Waals surface area contributed by atoms with Crippen molar-refractivity contribution in [3.63, 3.8) is 0 Å². The largest absolute Gasteiger partial charge is 0.503 e. The number of rotatable bonds is 3. The summed E-state index contributed by atoms with van der Waals surface area (Å²) in [4.78, 5) is 40.1.